The van der Waals surface area contributed by atoms with Gasteiger partial charge in [-0.1, -0.05) is 15.9 Å². The smallest absolute Gasteiger partial charge is 0.151 e. The zero-order valence-electron chi connectivity index (χ0n) is 10.4. The molecule has 0 amide bonds. The van der Waals surface area contributed by atoms with Gasteiger partial charge in [-0.2, -0.15) is 0 Å². The molecule has 2 saturated carbocycles. The average molecular weight is 305 g/mol. The second-order valence-electron chi connectivity index (χ2n) is 6.42. The highest BCUT2D eigenvalue weighted by molar-refractivity contribution is 9.10. The third kappa shape index (κ3) is 1.54. The van der Waals surface area contributed by atoms with Crippen LogP contribution in [0.4, 0.5) is 0 Å². The van der Waals surface area contributed by atoms with E-state index < -0.39 is 0 Å². The minimum atomic E-state index is 0.725. The topological polar surface area (TPSA) is 17.1 Å². The van der Waals surface area contributed by atoms with Crippen molar-refractivity contribution in [1.82, 2.24) is 0 Å². The molecule has 4 aliphatic rings. The summed E-state index contributed by atoms with van der Waals surface area (Å²) in [5.41, 5.74) is 3.87. The monoisotopic (exact) mass is 304 g/mol. The van der Waals surface area contributed by atoms with Gasteiger partial charge in [0.25, 0.3) is 0 Å². The van der Waals surface area contributed by atoms with Crippen molar-refractivity contribution >= 4 is 22.2 Å². The molecule has 4 aliphatic carbocycles. The van der Waals surface area contributed by atoms with Crippen LogP contribution in [-0.4, -0.2) is 6.29 Å². The number of carbonyl (C=O) groups excluding carboxylic acids is 1. The number of halogens is 1. The molecule has 0 N–H and O–H groups in total. The van der Waals surface area contributed by atoms with Gasteiger partial charge in [-0.25, -0.2) is 0 Å². The standard InChI is InChI=1S/C16H17BrO/c17-16-7-15-12-4-9-1-10(5-12)3-11(2-9)14(15)6-13(16)8-18/h6-12H,1-5H2. The predicted molar refractivity (Wildman–Crippen MR) is 75.1 cm³/mol. The van der Waals surface area contributed by atoms with E-state index in [2.05, 4.69) is 28.1 Å². The molecule has 0 saturated heterocycles. The molecule has 2 fully saturated rings. The molecule has 0 radical (unpaired) electrons. The third-order valence-corrected chi connectivity index (χ3v) is 6.03. The lowest BCUT2D eigenvalue weighted by Gasteiger charge is -2.38. The molecule has 4 bridgehead atoms. The summed E-state index contributed by atoms with van der Waals surface area (Å²) in [7, 11) is 0. The zero-order chi connectivity index (χ0) is 12.3. The lowest BCUT2D eigenvalue weighted by molar-refractivity contribution is 0.112. The van der Waals surface area contributed by atoms with E-state index >= 15 is 0 Å². The molecule has 1 nitrogen and oxygen atoms in total. The van der Waals surface area contributed by atoms with Crippen molar-refractivity contribution < 1.29 is 4.79 Å². The molecule has 2 heteroatoms. The van der Waals surface area contributed by atoms with Crippen LogP contribution in [0.3, 0.4) is 0 Å². The Hall–Kier alpha value is -0.630. The lowest BCUT2D eigenvalue weighted by Crippen LogP contribution is -2.25. The van der Waals surface area contributed by atoms with Crippen molar-refractivity contribution in [3.8, 4) is 0 Å². The number of hydrogen-bond acceptors (Lipinski definition) is 1. The summed E-state index contributed by atoms with van der Waals surface area (Å²) in [4.78, 5) is 11.1. The van der Waals surface area contributed by atoms with E-state index in [0.717, 1.165) is 40.0 Å². The fourth-order valence-electron chi connectivity index (χ4n) is 4.78. The normalized spacial score (nSPS) is 36.3. The van der Waals surface area contributed by atoms with Crippen molar-refractivity contribution in [3.05, 3.63) is 33.3 Å². The largest absolute Gasteiger partial charge is 0.298 e. The predicted octanol–water partition coefficient (Wildman–Crippen LogP) is 4.65. The third-order valence-electron chi connectivity index (χ3n) is 5.35. The van der Waals surface area contributed by atoms with Gasteiger partial charge in [0, 0.05) is 10.0 Å². The van der Waals surface area contributed by atoms with Crippen molar-refractivity contribution in [2.24, 2.45) is 11.8 Å². The van der Waals surface area contributed by atoms with Crippen LogP contribution in [0.1, 0.15) is 65.4 Å². The minimum absolute atomic E-state index is 0.725. The van der Waals surface area contributed by atoms with Crippen LogP contribution in [0.15, 0.2) is 16.6 Å². The Morgan fingerprint density at radius 2 is 1.50 bits per heavy atom. The SMILES string of the molecule is O=Cc1cc2c(cc1Br)C1CC3CC(C1)CC2C3. The first-order valence-electron chi connectivity index (χ1n) is 7.03. The van der Waals surface area contributed by atoms with E-state index in [-0.39, 0.29) is 0 Å². The number of aldehydes is 1. The lowest BCUT2D eigenvalue weighted by atomic mass is 9.67. The molecule has 2 atom stereocenters. The molecule has 94 valence electrons. The summed E-state index contributed by atoms with van der Waals surface area (Å²) in [5.74, 6) is 3.37. The van der Waals surface area contributed by atoms with Crippen LogP contribution in [0.25, 0.3) is 0 Å². The van der Waals surface area contributed by atoms with Crippen LogP contribution in [-0.2, 0) is 0 Å². The van der Waals surface area contributed by atoms with Gasteiger partial charge in [0.15, 0.2) is 6.29 Å². The average Bonchev–Trinajstić information content (AvgIpc) is 2.51. The van der Waals surface area contributed by atoms with E-state index in [0.29, 0.717) is 0 Å². The highest BCUT2D eigenvalue weighted by atomic mass is 79.9. The molecule has 0 spiro atoms. The summed E-state index contributed by atoms with van der Waals surface area (Å²) in [5, 5.41) is 0. The van der Waals surface area contributed by atoms with E-state index in [1.807, 2.05) is 0 Å². The number of hydrogen-bond donors (Lipinski definition) is 0. The molecule has 2 unspecified atom stereocenters. The number of carbonyl (C=O) groups is 1. The van der Waals surface area contributed by atoms with Crippen molar-refractivity contribution in [2.45, 2.75) is 43.9 Å². The fourth-order valence-corrected chi connectivity index (χ4v) is 5.23. The number of rotatable bonds is 1. The molecular weight excluding hydrogens is 288 g/mol. The Balaban J connectivity index is 1.91. The second-order valence-corrected chi connectivity index (χ2v) is 7.28. The Bertz CT molecular complexity index is 508. The molecule has 0 aromatic heterocycles. The van der Waals surface area contributed by atoms with Crippen LogP contribution in [0.5, 0.6) is 0 Å². The van der Waals surface area contributed by atoms with Gasteiger partial charge in [-0.3, -0.25) is 4.79 Å². The molecule has 18 heavy (non-hydrogen) atoms. The molecular formula is C16H17BrO. The van der Waals surface area contributed by atoms with Crippen LogP contribution < -0.4 is 0 Å². The maximum absolute atomic E-state index is 11.1. The van der Waals surface area contributed by atoms with Gasteiger partial charge >= 0.3 is 0 Å². The van der Waals surface area contributed by atoms with E-state index in [1.165, 1.54) is 37.7 Å². The van der Waals surface area contributed by atoms with E-state index in [9.17, 15) is 4.79 Å². The molecule has 0 heterocycles. The minimum Gasteiger partial charge on any atom is -0.298 e. The van der Waals surface area contributed by atoms with Crippen LogP contribution in [0, 0.1) is 11.8 Å². The maximum Gasteiger partial charge on any atom is 0.151 e. The molecule has 5 rings (SSSR count). The van der Waals surface area contributed by atoms with Gasteiger partial charge in [0.05, 0.1) is 0 Å². The van der Waals surface area contributed by atoms with E-state index in [4.69, 9.17) is 0 Å². The van der Waals surface area contributed by atoms with Gasteiger partial charge in [-0.05, 0) is 79.0 Å². The first kappa shape index (κ1) is 11.2. The fraction of sp³-hybridized carbons (Fsp3) is 0.562. The Labute approximate surface area is 116 Å². The molecule has 1 aromatic carbocycles. The maximum atomic E-state index is 11.1. The highest BCUT2D eigenvalue weighted by Crippen LogP contribution is 2.56. The Morgan fingerprint density at radius 1 is 0.944 bits per heavy atom. The van der Waals surface area contributed by atoms with Gasteiger partial charge in [0.2, 0.25) is 0 Å². The first-order valence-corrected chi connectivity index (χ1v) is 7.82. The molecule has 0 aliphatic heterocycles. The van der Waals surface area contributed by atoms with Crippen LogP contribution >= 0.6 is 15.9 Å². The summed E-state index contributed by atoms with van der Waals surface area (Å²) >= 11 is 3.55. The number of benzene rings is 1. The van der Waals surface area contributed by atoms with E-state index in [1.54, 1.807) is 5.56 Å². The van der Waals surface area contributed by atoms with Crippen molar-refractivity contribution in [2.75, 3.05) is 0 Å². The first-order chi connectivity index (χ1) is 8.74. The second kappa shape index (κ2) is 3.93. The summed E-state index contributed by atoms with van der Waals surface area (Å²) in [6.45, 7) is 0. The summed E-state index contributed by atoms with van der Waals surface area (Å²) in [6.07, 6.45) is 7.93. The van der Waals surface area contributed by atoms with Gasteiger partial charge in [0.1, 0.15) is 0 Å². The Morgan fingerprint density at radius 3 is 2.06 bits per heavy atom. The molecule has 1 aromatic rings. The zero-order valence-corrected chi connectivity index (χ0v) is 11.9. The summed E-state index contributed by atoms with van der Waals surface area (Å²) < 4.78 is 0.984. The quantitative estimate of drug-likeness (QED) is 0.690. The van der Waals surface area contributed by atoms with Gasteiger partial charge in [-0.15, -0.1) is 0 Å². The Kier molecular flexibility index (Phi) is 2.45. The highest BCUT2D eigenvalue weighted by Gasteiger charge is 2.42. The van der Waals surface area contributed by atoms with Gasteiger partial charge < -0.3 is 0 Å². The van der Waals surface area contributed by atoms with Crippen LogP contribution in [0.2, 0.25) is 0 Å². The summed E-state index contributed by atoms with van der Waals surface area (Å²) in [6, 6.07) is 4.41. The van der Waals surface area contributed by atoms with Crippen molar-refractivity contribution in [3.63, 3.8) is 0 Å². The van der Waals surface area contributed by atoms with Crippen molar-refractivity contribution in [1.29, 1.82) is 0 Å².